The van der Waals surface area contributed by atoms with Gasteiger partial charge in [0.1, 0.15) is 0 Å². The molecule has 0 radical (unpaired) electrons. The normalized spacial score (nSPS) is 22.0. The Bertz CT molecular complexity index is 1150. The second kappa shape index (κ2) is 9.88. The highest BCUT2D eigenvalue weighted by atomic mass is 32.2. The van der Waals surface area contributed by atoms with Crippen molar-refractivity contribution < 1.29 is 22.7 Å². The van der Waals surface area contributed by atoms with Gasteiger partial charge in [-0.1, -0.05) is 38.1 Å². The molecular formula is C26H32N2O5S. The molecule has 0 saturated carbocycles. The Morgan fingerprint density at radius 1 is 0.971 bits per heavy atom. The average Bonchev–Trinajstić information content (AvgIpc) is 2.82. The van der Waals surface area contributed by atoms with Gasteiger partial charge in [-0.2, -0.15) is 4.31 Å². The van der Waals surface area contributed by atoms with Gasteiger partial charge < -0.3 is 9.64 Å². The summed E-state index contributed by atoms with van der Waals surface area (Å²) in [5.41, 5.74) is 2.55. The molecule has 0 aliphatic carbocycles. The Morgan fingerprint density at radius 2 is 1.59 bits per heavy atom. The van der Waals surface area contributed by atoms with Gasteiger partial charge in [0, 0.05) is 26.2 Å². The summed E-state index contributed by atoms with van der Waals surface area (Å²) in [7, 11) is -3.63. The molecule has 0 spiro atoms. The zero-order valence-electron chi connectivity index (χ0n) is 19.9. The van der Waals surface area contributed by atoms with Crippen LogP contribution in [0, 0.1) is 11.8 Å². The summed E-state index contributed by atoms with van der Waals surface area (Å²) in [4.78, 5) is 27.3. The van der Waals surface area contributed by atoms with E-state index in [2.05, 4.69) is 19.9 Å². The van der Waals surface area contributed by atoms with Crippen molar-refractivity contribution in [3.8, 4) is 0 Å². The Labute approximate surface area is 201 Å². The molecule has 2 heterocycles. The van der Waals surface area contributed by atoms with Gasteiger partial charge in [-0.25, -0.2) is 13.2 Å². The van der Waals surface area contributed by atoms with Crippen LogP contribution in [-0.2, 0) is 32.5 Å². The lowest BCUT2D eigenvalue weighted by Crippen LogP contribution is -2.42. The Kier molecular flexibility index (Phi) is 7.09. The first kappa shape index (κ1) is 24.4. The van der Waals surface area contributed by atoms with Crippen LogP contribution < -0.4 is 0 Å². The highest BCUT2D eigenvalue weighted by Crippen LogP contribution is 2.27. The molecule has 182 valence electrons. The second-order valence-electron chi connectivity index (χ2n) is 9.62. The standard InChI is InChI=1S/C26H32N2O5S/c1-18-14-19(2)16-28(15-18)34(31,32)24-10-8-22(9-11-24)26(30)33-20(3)25(29)27-13-12-21-6-4-5-7-23(21)17-27/h4-11,18-20H,12-17H2,1-3H3/t18-,19+,20-/m0/s1. The van der Waals surface area contributed by atoms with Crippen LogP contribution in [0.15, 0.2) is 53.4 Å². The number of nitrogens with zero attached hydrogens (tertiary/aromatic N) is 2. The maximum atomic E-state index is 13.0. The number of fused-ring (bicyclic) bond motifs is 1. The third kappa shape index (κ3) is 5.18. The first-order valence-electron chi connectivity index (χ1n) is 11.8. The molecule has 3 atom stereocenters. The highest BCUT2D eigenvalue weighted by Gasteiger charge is 2.32. The van der Waals surface area contributed by atoms with Crippen LogP contribution in [0.3, 0.4) is 0 Å². The minimum Gasteiger partial charge on any atom is -0.449 e. The zero-order chi connectivity index (χ0) is 24.5. The van der Waals surface area contributed by atoms with Crippen LogP contribution in [0.2, 0.25) is 0 Å². The van der Waals surface area contributed by atoms with Gasteiger partial charge in [0.15, 0.2) is 6.10 Å². The van der Waals surface area contributed by atoms with Gasteiger partial charge in [0.05, 0.1) is 10.5 Å². The topological polar surface area (TPSA) is 84.0 Å². The van der Waals surface area contributed by atoms with Gasteiger partial charge in [0.25, 0.3) is 5.91 Å². The fourth-order valence-electron chi connectivity index (χ4n) is 4.93. The molecule has 2 aromatic rings. The summed E-state index contributed by atoms with van der Waals surface area (Å²) >= 11 is 0. The SMILES string of the molecule is C[C@@H]1C[C@H](C)CN(S(=O)(=O)c2ccc(C(=O)O[C@@H](C)C(=O)N3CCc4ccccc4C3)cc2)C1. The number of carbonyl (C=O) groups is 2. The van der Waals surface area contributed by atoms with Gasteiger partial charge in [-0.05, 0) is 67.0 Å². The van der Waals surface area contributed by atoms with Gasteiger partial charge in [-0.3, -0.25) is 4.79 Å². The molecule has 0 N–H and O–H groups in total. The number of ether oxygens (including phenoxy) is 1. The Balaban J connectivity index is 1.38. The van der Waals surface area contributed by atoms with E-state index in [0.717, 1.165) is 18.4 Å². The fourth-order valence-corrected chi connectivity index (χ4v) is 6.61. The van der Waals surface area contributed by atoms with Crippen molar-refractivity contribution in [2.45, 2.75) is 51.2 Å². The van der Waals surface area contributed by atoms with Gasteiger partial charge >= 0.3 is 5.97 Å². The molecule has 8 heteroatoms. The summed E-state index contributed by atoms with van der Waals surface area (Å²) in [6.07, 6.45) is 0.850. The minimum atomic E-state index is -3.63. The molecule has 7 nitrogen and oxygen atoms in total. The van der Waals surface area contributed by atoms with E-state index >= 15 is 0 Å². The largest absolute Gasteiger partial charge is 0.449 e. The zero-order valence-corrected chi connectivity index (χ0v) is 20.8. The summed E-state index contributed by atoms with van der Waals surface area (Å²) < 4.78 is 33.0. The van der Waals surface area contributed by atoms with Crippen molar-refractivity contribution in [2.24, 2.45) is 11.8 Å². The van der Waals surface area contributed by atoms with E-state index in [1.54, 1.807) is 11.8 Å². The lowest BCUT2D eigenvalue weighted by Gasteiger charge is -2.34. The minimum absolute atomic E-state index is 0.154. The van der Waals surface area contributed by atoms with Crippen molar-refractivity contribution in [3.63, 3.8) is 0 Å². The van der Waals surface area contributed by atoms with Gasteiger partial charge in [-0.15, -0.1) is 0 Å². The van der Waals surface area contributed by atoms with E-state index in [4.69, 9.17) is 4.74 Å². The van der Waals surface area contributed by atoms with Crippen LogP contribution >= 0.6 is 0 Å². The number of hydrogen-bond acceptors (Lipinski definition) is 5. The molecule has 34 heavy (non-hydrogen) atoms. The number of esters is 1. The van der Waals surface area contributed by atoms with E-state index in [1.165, 1.54) is 34.1 Å². The number of piperidine rings is 1. The van der Waals surface area contributed by atoms with E-state index in [0.29, 0.717) is 38.0 Å². The second-order valence-corrected chi connectivity index (χ2v) is 11.6. The van der Waals surface area contributed by atoms with Crippen LogP contribution in [0.25, 0.3) is 0 Å². The lowest BCUT2D eigenvalue weighted by molar-refractivity contribution is -0.140. The molecule has 0 unspecified atom stereocenters. The number of benzene rings is 2. The third-order valence-electron chi connectivity index (χ3n) is 6.64. The summed E-state index contributed by atoms with van der Waals surface area (Å²) in [5, 5.41) is 0. The molecule has 2 aromatic carbocycles. The Morgan fingerprint density at radius 3 is 2.24 bits per heavy atom. The van der Waals surface area contributed by atoms with Crippen molar-refractivity contribution in [1.82, 2.24) is 9.21 Å². The quantitative estimate of drug-likeness (QED) is 0.607. The molecule has 1 saturated heterocycles. The number of hydrogen-bond donors (Lipinski definition) is 0. The highest BCUT2D eigenvalue weighted by molar-refractivity contribution is 7.89. The van der Waals surface area contributed by atoms with Crippen molar-refractivity contribution in [1.29, 1.82) is 0 Å². The molecule has 4 rings (SSSR count). The molecule has 1 amide bonds. The van der Waals surface area contributed by atoms with Crippen LogP contribution in [0.4, 0.5) is 0 Å². The van der Waals surface area contributed by atoms with E-state index in [-0.39, 0.29) is 16.4 Å². The summed E-state index contributed by atoms with van der Waals surface area (Å²) in [6, 6.07) is 13.8. The smallest absolute Gasteiger partial charge is 0.338 e. The first-order valence-corrected chi connectivity index (χ1v) is 13.3. The van der Waals surface area contributed by atoms with E-state index < -0.39 is 22.1 Å². The monoisotopic (exact) mass is 484 g/mol. The predicted molar refractivity (Wildman–Crippen MR) is 129 cm³/mol. The number of amides is 1. The molecule has 1 fully saturated rings. The molecule has 0 bridgehead atoms. The van der Waals surface area contributed by atoms with E-state index in [9.17, 15) is 18.0 Å². The summed E-state index contributed by atoms with van der Waals surface area (Å²) in [6.45, 7) is 7.76. The van der Waals surface area contributed by atoms with Crippen LogP contribution in [0.1, 0.15) is 48.7 Å². The lowest BCUT2D eigenvalue weighted by atomic mass is 9.94. The molecule has 0 aromatic heterocycles. The summed E-state index contributed by atoms with van der Waals surface area (Å²) in [5.74, 6) is -0.279. The van der Waals surface area contributed by atoms with Crippen molar-refractivity contribution in [3.05, 3.63) is 65.2 Å². The van der Waals surface area contributed by atoms with Crippen LogP contribution in [-0.4, -0.2) is 55.2 Å². The molecular weight excluding hydrogens is 452 g/mol. The van der Waals surface area contributed by atoms with Gasteiger partial charge in [0.2, 0.25) is 10.0 Å². The maximum Gasteiger partial charge on any atom is 0.338 e. The molecule has 2 aliphatic rings. The number of carbonyl (C=O) groups excluding carboxylic acids is 2. The number of sulfonamides is 1. The fraction of sp³-hybridized carbons (Fsp3) is 0.462. The van der Waals surface area contributed by atoms with Crippen LogP contribution in [0.5, 0.6) is 0 Å². The number of rotatable bonds is 5. The van der Waals surface area contributed by atoms with E-state index in [1.807, 2.05) is 18.2 Å². The Hall–Kier alpha value is -2.71. The molecule has 2 aliphatic heterocycles. The maximum absolute atomic E-state index is 13.0. The first-order chi connectivity index (χ1) is 16.1. The van der Waals surface area contributed by atoms with Crippen molar-refractivity contribution >= 4 is 21.9 Å². The average molecular weight is 485 g/mol. The predicted octanol–water partition coefficient (Wildman–Crippen LogP) is 3.48. The van der Waals surface area contributed by atoms with Crippen molar-refractivity contribution in [2.75, 3.05) is 19.6 Å². The third-order valence-corrected chi connectivity index (χ3v) is 8.48.